The Bertz CT molecular complexity index is 1190. The third-order valence-corrected chi connectivity index (χ3v) is 5.34. The van der Waals surface area contributed by atoms with Crippen LogP contribution in [0.3, 0.4) is 0 Å². The number of halogens is 1. The zero-order chi connectivity index (χ0) is 22.3. The number of nitrogens with zero attached hydrogens (tertiary/aromatic N) is 5. The average Bonchev–Trinajstić information content (AvgIpc) is 3.43. The summed E-state index contributed by atoms with van der Waals surface area (Å²) in [4.78, 5) is 20.1. The third-order valence-electron chi connectivity index (χ3n) is 5.09. The quantitative estimate of drug-likeness (QED) is 0.186. The highest BCUT2D eigenvalue weighted by Crippen LogP contribution is 2.22. The van der Waals surface area contributed by atoms with Crippen LogP contribution in [0.25, 0.3) is 16.7 Å². The van der Waals surface area contributed by atoms with Gasteiger partial charge in [-0.1, -0.05) is 24.4 Å². The summed E-state index contributed by atoms with van der Waals surface area (Å²) in [6.07, 6.45) is 11.4. The first-order chi connectivity index (χ1) is 15.6. The van der Waals surface area contributed by atoms with E-state index >= 15 is 0 Å². The second-order valence-electron chi connectivity index (χ2n) is 7.45. The minimum atomic E-state index is -0.339. The number of carbonyl (C=O) groups is 1. The van der Waals surface area contributed by atoms with E-state index in [1.807, 2.05) is 52.0 Å². The molecule has 0 spiro atoms. The van der Waals surface area contributed by atoms with Gasteiger partial charge in [-0.3, -0.25) is 14.7 Å². The van der Waals surface area contributed by atoms with Crippen LogP contribution in [0.4, 0.5) is 11.6 Å². The molecule has 4 aromatic rings. The van der Waals surface area contributed by atoms with Gasteiger partial charge in [0, 0.05) is 47.7 Å². The van der Waals surface area contributed by atoms with Crippen molar-refractivity contribution in [2.24, 2.45) is 0 Å². The molecule has 32 heavy (non-hydrogen) atoms. The van der Waals surface area contributed by atoms with E-state index in [-0.39, 0.29) is 5.91 Å². The SMILES string of the molecule is O=C(CCCCCCn1cc(Nc2ncc3ccn(-c4ccc(Cl)cc4)c3n2)cn1)NO. The second kappa shape index (κ2) is 10.3. The molecule has 1 amide bonds. The van der Waals surface area contributed by atoms with Crippen LogP contribution in [0, 0.1) is 0 Å². The molecule has 166 valence electrons. The standard InChI is InChI=1S/C22H24ClN7O2/c23-17-6-8-19(9-7-17)30-12-10-16-13-24-22(27-21(16)30)26-18-14-25-29(15-18)11-4-2-1-3-5-20(31)28-32/h6-10,12-15,32H,1-5,11H2,(H,28,31)(H,24,26,27). The molecule has 0 fully saturated rings. The lowest BCUT2D eigenvalue weighted by Gasteiger charge is -2.06. The number of aryl methyl sites for hydroxylation is 1. The highest BCUT2D eigenvalue weighted by molar-refractivity contribution is 6.30. The van der Waals surface area contributed by atoms with E-state index in [1.54, 1.807) is 17.9 Å². The van der Waals surface area contributed by atoms with Crippen molar-refractivity contribution in [3.05, 3.63) is 60.1 Å². The number of benzene rings is 1. The number of fused-ring (bicyclic) bond motifs is 1. The predicted molar refractivity (Wildman–Crippen MR) is 122 cm³/mol. The van der Waals surface area contributed by atoms with Crippen molar-refractivity contribution < 1.29 is 10.0 Å². The highest BCUT2D eigenvalue weighted by Gasteiger charge is 2.08. The summed E-state index contributed by atoms with van der Waals surface area (Å²) in [6.45, 7) is 0.785. The Labute approximate surface area is 190 Å². The number of hydrogen-bond donors (Lipinski definition) is 3. The molecule has 9 nitrogen and oxygen atoms in total. The predicted octanol–water partition coefficient (Wildman–Crippen LogP) is 4.47. The van der Waals surface area contributed by atoms with Crippen molar-refractivity contribution in [3.63, 3.8) is 0 Å². The van der Waals surface area contributed by atoms with Gasteiger partial charge in [0.25, 0.3) is 0 Å². The van der Waals surface area contributed by atoms with Crippen LogP contribution in [-0.2, 0) is 11.3 Å². The maximum absolute atomic E-state index is 11.0. The minimum absolute atomic E-state index is 0.339. The van der Waals surface area contributed by atoms with E-state index in [0.717, 1.165) is 54.6 Å². The number of nitrogens with one attached hydrogen (secondary N) is 2. The molecular weight excluding hydrogens is 430 g/mol. The molecule has 3 aromatic heterocycles. The zero-order valence-electron chi connectivity index (χ0n) is 17.4. The molecule has 0 saturated carbocycles. The largest absolute Gasteiger partial charge is 0.321 e. The normalized spacial score (nSPS) is 11.1. The van der Waals surface area contributed by atoms with Crippen molar-refractivity contribution in [3.8, 4) is 5.69 Å². The van der Waals surface area contributed by atoms with Gasteiger partial charge in [-0.05, 0) is 43.2 Å². The third kappa shape index (κ3) is 5.43. The molecule has 0 unspecified atom stereocenters. The number of carbonyl (C=O) groups excluding carboxylic acids is 1. The summed E-state index contributed by atoms with van der Waals surface area (Å²) in [5, 5.41) is 17.7. The van der Waals surface area contributed by atoms with E-state index in [2.05, 4.69) is 20.4 Å². The van der Waals surface area contributed by atoms with E-state index in [1.165, 1.54) is 0 Å². The van der Waals surface area contributed by atoms with E-state index < -0.39 is 0 Å². The van der Waals surface area contributed by atoms with Crippen molar-refractivity contribution in [2.75, 3.05) is 5.32 Å². The average molecular weight is 454 g/mol. The number of rotatable bonds is 10. The van der Waals surface area contributed by atoms with E-state index in [4.69, 9.17) is 16.8 Å². The number of hydroxylamine groups is 1. The Morgan fingerprint density at radius 1 is 1.06 bits per heavy atom. The van der Waals surface area contributed by atoms with Crippen LogP contribution in [0.1, 0.15) is 32.1 Å². The van der Waals surface area contributed by atoms with Gasteiger partial charge in [-0.25, -0.2) is 10.5 Å². The lowest BCUT2D eigenvalue weighted by atomic mass is 10.1. The Hall–Kier alpha value is -3.43. The number of unbranched alkanes of at least 4 members (excludes halogenated alkanes) is 3. The van der Waals surface area contributed by atoms with Crippen LogP contribution in [-0.4, -0.2) is 35.4 Å². The van der Waals surface area contributed by atoms with E-state index in [0.29, 0.717) is 17.4 Å². The van der Waals surface area contributed by atoms with Crippen LogP contribution in [0.5, 0.6) is 0 Å². The lowest BCUT2D eigenvalue weighted by Crippen LogP contribution is -2.17. The number of anilines is 2. The van der Waals surface area contributed by atoms with Gasteiger partial charge in [-0.15, -0.1) is 0 Å². The van der Waals surface area contributed by atoms with Crippen LogP contribution in [0.15, 0.2) is 55.1 Å². The number of amides is 1. The van der Waals surface area contributed by atoms with Crippen molar-refractivity contribution >= 4 is 40.2 Å². The molecule has 0 bridgehead atoms. The first-order valence-corrected chi connectivity index (χ1v) is 10.8. The molecule has 0 radical (unpaired) electrons. The lowest BCUT2D eigenvalue weighted by molar-refractivity contribution is -0.129. The van der Waals surface area contributed by atoms with Gasteiger partial charge < -0.3 is 9.88 Å². The molecular formula is C22H24ClN7O2. The molecule has 3 N–H and O–H groups in total. The molecule has 1 aromatic carbocycles. The number of aromatic nitrogens is 5. The van der Waals surface area contributed by atoms with Crippen molar-refractivity contribution in [1.82, 2.24) is 29.8 Å². The Morgan fingerprint density at radius 2 is 1.88 bits per heavy atom. The van der Waals surface area contributed by atoms with Gasteiger partial charge in [-0.2, -0.15) is 10.1 Å². The first kappa shape index (κ1) is 21.8. The Balaban J connectivity index is 1.35. The Morgan fingerprint density at radius 3 is 2.69 bits per heavy atom. The van der Waals surface area contributed by atoms with Gasteiger partial charge in [0.15, 0.2) is 0 Å². The number of hydrogen-bond acceptors (Lipinski definition) is 6. The fourth-order valence-electron chi connectivity index (χ4n) is 3.44. The topological polar surface area (TPSA) is 110 Å². The van der Waals surface area contributed by atoms with Crippen LogP contribution in [0.2, 0.25) is 5.02 Å². The van der Waals surface area contributed by atoms with Crippen LogP contribution < -0.4 is 10.8 Å². The van der Waals surface area contributed by atoms with Gasteiger partial charge >= 0.3 is 0 Å². The zero-order valence-corrected chi connectivity index (χ0v) is 18.2. The fourth-order valence-corrected chi connectivity index (χ4v) is 3.56. The maximum Gasteiger partial charge on any atom is 0.243 e. The molecule has 0 atom stereocenters. The second-order valence-corrected chi connectivity index (χ2v) is 7.89. The maximum atomic E-state index is 11.0. The monoisotopic (exact) mass is 453 g/mol. The molecule has 4 rings (SSSR count). The summed E-state index contributed by atoms with van der Waals surface area (Å²) >= 11 is 6.00. The summed E-state index contributed by atoms with van der Waals surface area (Å²) < 4.78 is 3.86. The summed E-state index contributed by atoms with van der Waals surface area (Å²) in [5.41, 5.74) is 4.23. The van der Waals surface area contributed by atoms with Crippen molar-refractivity contribution in [1.29, 1.82) is 0 Å². The van der Waals surface area contributed by atoms with Gasteiger partial charge in [0.1, 0.15) is 5.65 Å². The van der Waals surface area contributed by atoms with Crippen LogP contribution >= 0.6 is 11.6 Å². The molecule has 3 heterocycles. The van der Waals surface area contributed by atoms with Gasteiger partial charge in [0.2, 0.25) is 11.9 Å². The minimum Gasteiger partial charge on any atom is -0.321 e. The van der Waals surface area contributed by atoms with Gasteiger partial charge in [0.05, 0.1) is 11.9 Å². The smallest absolute Gasteiger partial charge is 0.243 e. The summed E-state index contributed by atoms with van der Waals surface area (Å²) in [5.74, 6) is 0.154. The highest BCUT2D eigenvalue weighted by atomic mass is 35.5. The molecule has 0 saturated heterocycles. The Kier molecular flexibility index (Phi) is 6.98. The molecule has 0 aliphatic carbocycles. The summed E-state index contributed by atoms with van der Waals surface area (Å²) in [7, 11) is 0. The first-order valence-electron chi connectivity index (χ1n) is 10.4. The van der Waals surface area contributed by atoms with E-state index in [9.17, 15) is 4.79 Å². The molecule has 0 aliphatic rings. The molecule has 0 aliphatic heterocycles. The van der Waals surface area contributed by atoms with Crippen molar-refractivity contribution in [2.45, 2.75) is 38.6 Å². The fraction of sp³-hybridized carbons (Fsp3) is 0.273. The summed E-state index contributed by atoms with van der Waals surface area (Å²) in [6, 6.07) is 9.57. The molecule has 10 heteroatoms.